The molecule has 0 spiro atoms. The summed E-state index contributed by atoms with van der Waals surface area (Å²) in [7, 11) is 1.61. The third kappa shape index (κ3) is 6.14. The fourth-order valence-corrected chi connectivity index (χ4v) is 5.40. The summed E-state index contributed by atoms with van der Waals surface area (Å²) < 4.78 is 77.1. The Bertz CT molecular complexity index is 1890. The Hall–Kier alpha value is -4.92. The lowest BCUT2D eigenvalue weighted by Crippen LogP contribution is -2.53. The number of nitrogens with one attached hydrogen (secondary N) is 1. The molecule has 0 radical (unpaired) electrons. The van der Waals surface area contributed by atoms with Crippen LogP contribution >= 0.6 is 0 Å². The van der Waals surface area contributed by atoms with E-state index in [1.165, 1.54) is 10.8 Å². The van der Waals surface area contributed by atoms with E-state index in [0.29, 0.717) is 45.6 Å². The molecule has 10 nitrogen and oxygen atoms in total. The minimum atomic E-state index is -4.75. The Labute approximate surface area is 258 Å². The molecule has 15 heteroatoms. The van der Waals surface area contributed by atoms with Crippen molar-refractivity contribution in [2.45, 2.75) is 38.5 Å². The molecule has 0 saturated carbocycles. The van der Waals surface area contributed by atoms with Gasteiger partial charge in [-0.2, -0.15) is 13.2 Å². The maximum absolute atomic E-state index is 15.1. The summed E-state index contributed by atoms with van der Waals surface area (Å²) in [6.07, 6.45) is -3.61. The number of aryl methyl sites for hydroxylation is 1. The third-order valence-electron chi connectivity index (χ3n) is 8.05. The van der Waals surface area contributed by atoms with Crippen LogP contribution in [0.2, 0.25) is 0 Å². The Balaban J connectivity index is 1.44. The Morgan fingerprint density at radius 2 is 1.85 bits per heavy atom. The zero-order chi connectivity index (χ0) is 33.5. The molecule has 1 amide bonds. The number of ether oxygens (including phenoxy) is 1. The number of carboxylic acids is 1. The molecule has 3 heterocycles. The first kappa shape index (κ1) is 32.5. The van der Waals surface area contributed by atoms with Crippen molar-refractivity contribution in [1.29, 1.82) is 0 Å². The molecule has 2 N–H and O–H groups in total. The van der Waals surface area contributed by atoms with Gasteiger partial charge in [-0.05, 0) is 37.6 Å². The highest BCUT2D eigenvalue weighted by molar-refractivity contribution is 5.98. The number of morpholine rings is 1. The number of carboxylic acid groups (broad SMARTS) is 1. The van der Waals surface area contributed by atoms with Crippen LogP contribution < -0.4 is 15.8 Å². The average molecular weight is 646 g/mol. The molecule has 0 bridgehead atoms. The molecular weight excluding hydrogens is 617 g/mol. The van der Waals surface area contributed by atoms with Crippen molar-refractivity contribution in [1.82, 2.24) is 19.9 Å². The van der Waals surface area contributed by atoms with Crippen LogP contribution in [-0.4, -0.2) is 69.5 Å². The molecule has 2 aromatic heterocycles. The number of hydrogen-bond donors (Lipinski definition) is 2. The van der Waals surface area contributed by atoms with Gasteiger partial charge in [0.15, 0.2) is 0 Å². The Morgan fingerprint density at radius 3 is 2.50 bits per heavy atom. The zero-order valence-corrected chi connectivity index (χ0v) is 24.8. The number of nitrogens with zero attached hydrogens (tertiary/aromatic N) is 4. The van der Waals surface area contributed by atoms with Gasteiger partial charge in [0, 0.05) is 48.5 Å². The number of anilines is 1. The minimum Gasteiger partial charge on any atom is -0.480 e. The van der Waals surface area contributed by atoms with Crippen molar-refractivity contribution in [2.24, 2.45) is 7.05 Å². The number of halogens is 5. The number of carbonyl (C=O) groups is 2. The van der Waals surface area contributed by atoms with E-state index in [0.717, 1.165) is 4.90 Å². The SMILES string of the molecule is Cc1nc(-c2ccc(C[C@H](NC(=O)c3c(F)cc(N4CCOCC4C(F)(F)F)cc3F)C(=O)O)c3cccnc23)c(=O)n(C)c1C. The number of amides is 1. The van der Waals surface area contributed by atoms with Crippen molar-refractivity contribution in [3.05, 3.63) is 87.1 Å². The lowest BCUT2D eigenvalue weighted by atomic mass is 9.96. The van der Waals surface area contributed by atoms with Crippen molar-refractivity contribution < 1.29 is 41.4 Å². The van der Waals surface area contributed by atoms with Crippen molar-refractivity contribution in [3.8, 4) is 11.3 Å². The predicted octanol–water partition coefficient (Wildman–Crippen LogP) is 4.08. The quantitative estimate of drug-likeness (QED) is 0.288. The summed E-state index contributed by atoms with van der Waals surface area (Å²) in [5, 5.41) is 12.5. The van der Waals surface area contributed by atoms with E-state index in [2.05, 4.69) is 15.3 Å². The van der Waals surface area contributed by atoms with Crippen molar-refractivity contribution in [2.75, 3.05) is 24.7 Å². The molecule has 0 aliphatic carbocycles. The third-order valence-corrected chi connectivity index (χ3v) is 8.05. The number of carbonyl (C=O) groups excluding carboxylic acids is 1. The predicted molar refractivity (Wildman–Crippen MR) is 157 cm³/mol. The number of fused-ring (bicyclic) bond motifs is 1. The highest BCUT2D eigenvalue weighted by atomic mass is 19.4. The van der Waals surface area contributed by atoms with E-state index in [9.17, 15) is 32.7 Å². The molecule has 2 aromatic carbocycles. The fraction of sp³-hybridized carbons (Fsp3) is 0.323. The number of alkyl halides is 3. The lowest BCUT2D eigenvalue weighted by molar-refractivity contribution is -0.167. The monoisotopic (exact) mass is 645 g/mol. The minimum absolute atomic E-state index is 0.110. The number of rotatable bonds is 7. The van der Waals surface area contributed by atoms with Gasteiger partial charge in [0.1, 0.15) is 35.0 Å². The van der Waals surface area contributed by atoms with Gasteiger partial charge in [-0.1, -0.05) is 18.2 Å². The summed E-state index contributed by atoms with van der Waals surface area (Å²) >= 11 is 0. The van der Waals surface area contributed by atoms with E-state index < -0.39 is 59.6 Å². The smallest absolute Gasteiger partial charge is 0.411 e. The molecule has 1 aliphatic heterocycles. The normalized spacial score (nSPS) is 16.0. The summed E-state index contributed by atoms with van der Waals surface area (Å²) in [4.78, 5) is 47.8. The van der Waals surface area contributed by atoms with E-state index in [4.69, 9.17) is 4.74 Å². The molecule has 242 valence electrons. The van der Waals surface area contributed by atoms with Crippen LogP contribution in [0, 0.1) is 25.5 Å². The molecule has 46 heavy (non-hydrogen) atoms. The highest BCUT2D eigenvalue weighted by Gasteiger charge is 2.46. The summed E-state index contributed by atoms with van der Waals surface area (Å²) in [5.74, 6) is -5.86. The van der Waals surface area contributed by atoms with E-state index in [1.807, 2.05) is 0 Å². The molecule has 1 aliphatic rings. The first-order valence-corrected chi connectivity index (χ1v) is 14.0. The molecule has 5 rings (SSSR count). The second-order valence-electron chi connectivity index (χ2n) is 10.8. The molecule has 4 aromatic rings. The van der Waals surface area contributed by atoms with Gasteiger partial charge in [-0.3, -0.25) is 14.6 Å². The number of aromatic nitrogens is 3. The second-order valence-corrected chi connectivity index (χ2v) is 10.8. The summed E-state index contributed by atoms with van der Waals surface area (Å²) in [6, 6.07) is 3.71. The average Bonchev–Trinajstić information content (AvgIpc) is 3.01. The van der Waals surface area contributed by atoms with Crippen LogP contribution in [0.15, 0.2) is 47.4 Å². The topological polar surface area (TPSA) is 127 Å². The molecule has 2 atom stereocenters. The largest absolute Gasteiger partial charge is 0.480 e. The van der Waals surface area contributed by atoms with Crippen LogP contribution in [0.25, 0.3) is 22.2 Å². The van der Waals surface area contributed by atoms with E-state index in [-0.39, 0.29) is 30.8 Å². The van der Waals surface area contributed by atoms with Crippen LogP contribution in [0.3, 0.4) is 0 Å². The zero-order valence-electron chi connectivity index (χ0n) is 24.8. The van der Waals surface area contributed by atoms with Gasteiger partial charge < -0.3 is 24.6 Å². The number of hydrogen-bond acceptors (Lipinski definition) is 7. The van der Waals surface area contributed by atoms with Crippen LogP contribution in [-0.2, 0) is 23.0 Å². The lowest BCUT2D eigenvalue weighted by Gasteiger charge is -2.38. The van der Waals surface area contributed by atoms with Crippen LogP contribution in [0.5, 0.6) is 0 Å². The second kappa shape index (κ2) is 12.5. The molecular formula is C31H28F5N5O5. The van der Waals surface area contributed by atoms with Gasteiger partial charge in [-0.25, -0.2) is 18.6 Å². The van der Waals surface area contributed by atoms with Gasteiger partial charge in [0.25, 0.3) is 11.5 Å². The summed E-state index contributed by atoms with van der Waals surface area (Å²) in [6.45, 7) is 2.36. The fourth-order valence-electron chi connectivity index (χ4n) is 5.40. The van der Waals surface area contributed by atoms with Gasteiger partial charge in [-0.15, -0.1) is 0 Å². The van der Waals surface area contributed by atoms with Gasteiger partial charge >= 0.3 is 12.1 Å². The molecule has 1 fully saturated rings. The molecule has 1 unspecified atom stereocenters. The summed E-state index contributed by atoms with van der Waals surface area (Å²) in [5.41, 5.74) is 0.611. The maximum Gasteiger partial charge on any atom is 0.411 e. The number of aliphatic carboxylic acids is 1. The maximum atomic E-state index is 15.1. The van der Waals surface area contributed by atoms with Crippen molar-refractivity contribution in [3.63, 3.8) is 0 Å². The first-order chi connectivity index (χ1) is 21.7. The standard InChI is InChI=1S/C31H28F5N5O5/c1-15-16(2)40(3)29(43)27(38-15)20-7-6-17(19-5-4-8-37-26(19)20)11-23(30(44)45)39-28(42)25-21(32)12-18(13-22(25)33)41-9-10-46-14-24(41)31(34,35)36/h4-8,12-13,23-24H,9-11,14H2,1-3H3,(H,39,42)(H,44,45)/t23-,24?/m0/s1. The Kier molecular flexibility index (Phi) is 8.80. The van der Waals surface area contributed by atoms with E-state index in [1.54, 1.807) is 45.2 Å². The van der Waals surface area contributed by atoms with E-state index >= 15 is 8.78 Å². The first-order valence-electron chi connectivity index (χ1n) is 14.0. The molecule has 1 saturated heterocycles. The Morgan fingerprint density at radius 1 is 1.15 bits per heavy atom. The van der Waals surface area contributed by atoms with Crippen molar-refractivity contribution >= 4 is 28.5 Å². The van der Waals surface area contributed by atoms with Gasteiger partial charge in [0.2, 0.25) is 0 Å². The van der Waals surface area contributed by atoms with Gasteiger partial charge in [0.05, 0.1) is 24.4 Å². The van der Waals surface area contributed by atoms with Crippen LogP contribution in [0.4, 0.5) is 27.6 Å². The highest BCUT2D eigenvalue weighted by Crippen LogP contribution is 2.33. The van der Waals surface area contributed by atoms with Crippen LogP contribution in [0.1, 0.15) is 27.3 Å². The number of benzene rings is 2. The number of pyridine rings is 1.